The number of rotatable bonds is 20. The van der Waals surface area contributed by atoms with Gasteiger partial charge in [-0.1, -0.05) is 71.9 Å². The second-order valence-electron chi connectivity index (χ2n) is 21.6. The molecule has 2 heterocycles. The first kappa shape index (κ1) is 57.8. The summed E-state index contributed by atoms with van der Waals surface area (Å²) >= 11 is 0. The quantitative estimate of drug-likeness (QED) is 0.0716. The van der Waals surface area contributed by atoms with Crippen molar-refractivity contribution in [3.63, 3.8) is 0 Å². The molecule has 20 heteroatoms. The third-order valence-corrected chi connectivity index (χ3v) is 13.7. The Hall–Kier alpha value is -7.06. The highest BCUT2D eigenvalue weighted by molar-refractivity contribution is 6.01. The van der Waals surface area contributed by atoms with Crippen molar-refractivity contribution in [2.24, 2.45) is 10.8 Å². The zero-order chi connectivity index (χ0) is 54.7. The summed E-state index contributed by atoms with van der Waals surface area (Å²) in [4.78, 5) is 114. The summed E-state index contributed by atoms with van der Waals surface area (Å²) in [6, 6.07) is 14.1. The predicted octanol–water partition coefficient (Wildman–Crippen LogP) is 1.25. The highest BCUT2D eigenvalue weighted by Gasteiger charge is 2.47. The molecule has 0 unspecified atom stereocenters. The first-order chi connectivity index (χ1) is 34.8. The van der Waals surface area contributed by atoms with Crippen molar-refractivity contribution < 1.29 is 38.4 Å². The molecular weight excluding hydrogens is 945 g/mol. The highest BCUT2D eigenvalue weighted by Crippen LogP contribution is 2.29. The lowest BCUT2D eigenvalue weighted by molar-refractivity contribution is -0.144. The molecule has 2 fully saturated rings. The standard InChI is InChI=1S/C54H78N12O8/c1-31(57-9)45(67)63-43(53(3,4)5)51(73)65-29-39(27-41(65)49(71)59-24-22-33-14-18-37(55)19-15-33)61-47(69)35-12-11-13-36(26-35)48(70)62-40-28-42(50(72)60-25-23-34-16-20-38(56)21-17-34)66(30-40)52(74)44(54(6,7)8)64-46(68)32(2)58-10/h11-21,26,31-32,39-44,57-58H,22-25,27-30,55-56H2,1-10H3,(H,59,71)(H,60,72)(H,61,69)(H,62,70)(H,63,67)(H,64,68)/t31-,32-,39-,40-,41-,42-,43+,44+/m0/s1. The number of likely N-dealkylation sites (N-methyl/N-ethyl adjacent to an activating group) is 2. The monoisotopic (exact) mass is 1020 g/mol. The molecule has 2 saturated heterocycles. The Bertz CT molecular complexity index is 2320. The van der Waals surface area contributed by atoms with Gasteiger partial charge >= 0.3 is 0 Å². The molecule has 2 aliphatic rings. The van der Waals surface area contributed by atoms with Gasteiger partial charge in [-0.3, -0.25) is 38.4 Å². The zero-order valence-corrected chi connectivity index (χ0v) is 44.5. The Morgan fingerprint density at radius 2 is 0.919 bits per heavy atom. The molecule has 0 aliphatic carbocycles. The Morgan fingerprint density at radius 1 is 0.568 bits per heavy atom. The average Bonchev–Trinajstić information content (AvgIpc) is 3.99. The van der Waals surface area contributed by atoms with Crippen LogP contribution in [0.4, 0.5) is 11.4 Å². The summed E-state index contributed by atoms with van der Waals surface area (Å²) in [5, 5.41) is 23.3. The van der Waals surface area contributed by atoms with Crippen LogP contribution in [-0.4, -0.2) is 146 Å². The van der Waals surface area contributed by atoms with Crippen molar-refractivity contribution in [1.29, 1.82) is 0 Å². The van der Waals surface area contributed by atoms with Gasteiger partial charge < -0.3 is 63.8 Å². The Morgan fingerprint density at radius 3 is 1.24 bits per heavy atom. The smallest absolute Gasteiger partial charge is 0.251 e. The number of nitrogen functional groups attached to an aromatic ring is 2. The normalized spacial score (nSPS) is 19.3. The molecule has 8 amide bonds. The summed E-state index contributed by atoms with van der Waals surface area (Å²) in [7, 11) is 3.27. The third kappa shape index (κ3) is 15.5. The van der Waals surface area contributed by atoms with Crippen LogP contribution < -0.4 is 54.0 Å². The molecule has 74 heavy (non-hydrogen) atoms. The summed E-state index contributed by atoms with van der Waals surface area (Å²) in [6.45, 7) is 14.7. The molecule has 5 rings (SSSR count). The average molecular weight is 1020 g/mol. The van der Waals surface area contributed by atoms with Gasteiger partial charge in [0.05, 0.1) is 12.1 Å². The zero-order valence-electron chi connectivity index (χ0n) is 44.5. The van der Waals surface area contributed by atoms with E-state index in [0.717, 1.165) is 11.1 Å². The largest absolute Gasteiger partial charge is 0.399 e. The molecule has 0 spiro atoms. The Kier molecular flexibility index (Phi) is 19.7. The van der Waals surface area contributed by atoms with Crippen LogP contribution >= 0.6 is 0 Å². The van der Waals surface area contributed by atoms with Crippen molar-refractivity contribution in [2.45, 2.75) is 129 Å². The topological polar surface area (TPSA) is 291 Å². The van der Waals surface area contributed by atoms with E-state index >= 15 is 0 Å². The number of hydrogen-bond donors (Lipinski definition) is 10. The van der Waals surface area contributed by atoms with Gasteiger partial charge in [-0.15, -0.1) is 0 Å². The van der Waals surface area contributed by atoms with Gasteiger partial charge in [-0.2, -0.15) is 0 Å². The van der Waals surface area contributed by atoms with Crippen molar-refractivity contribution >= 4 is 58.6 Å². The molecule has 3 aromatic carbocycles. The van der Waals surface area contributed by atoms with Gasteiger partial charge in [0.2, 0.25) is 35.4 Å². The predicted molar refractivity (Wildman–Crippen MR) is 284 cm³/mol. The van der Waals surface area contributed by atoms with Crippen molar-refractivity contribution in [3.8, 4) is 0 Å². The molecule has 3 aromatic rings. The molecule has 0 aromatic heterocycles. The minimum atomic E-state index is -1.01. The molecule has 20 nitrogen and oxygen atoms in total. The number of likely N-dealkylation sites (tertiary alicyclic amines) is 2. The first-order valence-electron chi connectivity index (χ1n) is 25.3. The van der Waals surface area contributed by atoms with Gasteiger partial charge in [0.25, 0.3) is 11.8 Å². The minimum absolute atomic E-state index is 0.0356. The second kappa shape index (κ2) is 25.3. The molecule has 0 bridgehead atoms. The molecular formula is C54H78N12O8. The number of carbonyl (C=O) groups excluding carboxylic acids is 8. The van der Waals surface area contributed by atoms with Crippen LogP contribution in [0.5, 0.6) is 0 Å². The Balaban J connectivity index is 1.32. The van der Waals surface area contributed by atoms with E-state index in [9.17, 15) is 38.4 Å². The number of nitrogens with zero attached hydrogens (tertiary/aromatic N) is 2. The van der Waals surface area contributed by atoms with Gasteiger partial charge in [-0.25, -0.2) is 0 Å². The van der Waals surface area contributed by atoms with Crippen molar-refractivity contribution in [2.75, 3.05) is 51.7 Å². The highest BCUT2D eigenvalue weighted by atomic mass is 16.2. The summed E-state index contributed by atoms with van der Waals surface area (Å²) in [5.74, 6) is -3.68. The molecule has 2 aliphatic heterocycles. The van der Waals surface area contributed by atoms with Crippen LogP contribution in [0.15, 0.2) is 72.8 Å². The van der Waals surface area contributed by atoms with Crippen LogP contribution in [0.1, 0.15) is 100 Å². The van der Waals surface area contributed by atoms with Gasteiger partial charge in [0.1, 0.15) is 24.2 Å². The van der Waals surface area contributed by atoms with Gasteiger partial charge in [-0.05, 0) is 118 Å². The second-order valence-corrected chi connectivity index (χ2v) is 21.6. The maximum absolute atomic E-state index is 14.5. The number of carbonyl (C=O) groups is 8. The fourth-order valence-corrected chi connectivity index (χ4v) is 8.89. The van der Waals surface area contributed by atoms with E-state index in [4.69, 9.17) is 11.5 Å². The van der Waals surface area contributed by atoms with E-state index in [-0.39, 0.29) is 50.1 Å². The van der Waals surface area contributed by atoms with Gasteiger partial charge in [0, 0.05) is 60.8 Å². The molecule has 12 N–H and O–H groups in total. The maximum Gasteiger partial charge on any atom is 0.251 e. The van der Waals surface area contributed by atoms with E-state index < -0.39 is 106 Å². The SMILES string of the molecule is CN[C@@H](C)C(=O)N[C@H](C(=O)N1C[C@@H](NC(=O)c2cccc(C(=O)N[C@H]3C[C@@H](C(=O)NCCc4ccc(N)cc4)N(C(=O)[C@@H](NC(=O)[C@H](C)NC)C(C)(C)C)C3)c2)C[C@H]1C(=O)NCCc1ccc(N)cc1)C(C)(C)C. The van der Waals surface area contributed by atoms with Gasteiger partial charge in [0.15, 0.2) is 0 Å². The van der Waals surface area contributed by atoms with E-state index in [0.29, 0.717) is 24.2 Å². The Labute approximate surface area is 435 Å². The molecule has 0 radical (unpaired) electrons. The lowest BCUT2D eigenvalue weighted by Crippen LogP contribution is -2.59. The van der Waals surface area contributed by atoms with Crippen LogP contribution in [0.25, 0.3) is 0 Å². The molecule has 402 valence electrons. The van der Waals surface area contributed by atoms with E-state index in [1.165, 1.54) is 28.0 Å². The van der Waals surface area contributed by atoms with Crippen molar-refractivity contribution in [1.82, 2.24) is 52.3 Å². The number of nitrogens with two attached hydrogens (primary N) is 2. The third-order valence-electron chi connectivity index (χ3n) is 13.7. The van der Waals surface area contributed by atoms with Crippen LogP contribution in [0, 0.1) is 10.8 Å². The number of amides is 8. The molecule has 0 saturated carbocycles. The number of nitrogens with one attached hydrogen (secondary N) is 8. The van der Waals surface area contributed by atoms with Crippen molar-refractivity contribution in [3.05, 3.63) is 95.1 Å². The summed E-state index contributed by atoms with van der Waals surface area (Å²) in [6.07, 6.45) is 1.16. The fourth-order valence-electron chi connectivity index (χ4n) is 8.89. The lowest BCUT2D eigenvalue weighted by Gasteiger charge is -2.36. The maximum atomic E-state index is 14.5. The first-order valence-corrected chi connectivity index (χ1v) is 25.3. The molecule has 8 atom stereocenters. The number of benzene rings is 3. The summed E-state index contributed by atoms with van der Waals surface area (Å²) in [5.41, 5.74) is 13.6. The number of hydrogen-bond acceptors (Lipinski definition) is 12. The van der Waals surface area contributed by atoms with E-state index in [1.54, 1.807) is 58.3 Å². The van der Waals surface area contributed by atoms with Crippen LogP contribution in [0.3, 0.4) is 0 Å². The van der Waals surface area contributed by atoms with Crippen LogP contribution in [-0.2, 0) is 41.6 Å². The fraction of sp³-hybridized carbons (Fsp3) is 0.519. The minimum Gasteiger partial charge on any atom is -0.399 e. The van der Waals surface area contributed by atoms with E-state index in [2.05, 4.69) is 42.5 Å². The number of anilines is 2. The lowest BCUT2D eigenvalue weighted by atomic mass is 9.85. The van der Waals surface area contributed by atoms with E-state index in [1.807, 2.05) is 65.8 Å². The summed E-state index contributed by atoms with van der Waals surface area (Å²) < 4.78 is 0. The van der Waals surface area contributed by atoms with Crippen LogP contribution in [0.2, 0.25) is 0 Å².